The third kappa shape index (κ3) is 1.14. The van der Waals surface area contributed by atoms with Gasteiger partial charge in [0.15, 0.2) is 6.17 Å². The summed E-state index contributed by atoms with van der Waals surface area (Å²) in [4.78, 5) is 11.9. The number of hydrogen-bond acceptors (Lipinski definition) is 5. The largest absolute Gasteiger partial charge is 0.368 e. The topological polar surface area (TPSA) is 72.3 Å². The maximum absolute atomic E-state index is 5.36. The van der Waals surface area contributed by atoms with Crippen molar-refractivity contribution in [1.82, 2.24) is 0 Å². The molecule has 0 amide bonds. The molecule has 5 nitrogen and oxygen atoms in total. The SMILES string of the molecule is NC1=NC2N=CCOC2C=N1. The first-order chi connectivity index (χ1) is 5.36. The third-order valence-corrected chi connectivity index (χ3v) is 1.53. The monoisotopic (exact) mass is 152 g/mol. The van der Waals surface area contributed by atoms with Crippen LogP contribution in [0.5, 0.6) is 0 Å². The summed E-state index contributed by atoms with van der Waals surface area (Å²) in [5.74, 6) is 0.272. The summed E-state index contributed by atoms with van der Waals surface area (Å²) in [6.45, 7) is 0.530. The quantitative estimate of drug-likeness (QED) is 0.492. The number of fused-ring (bicyclic) bond motifs is 1. The highest BCUT2D eigenvalue weighted by Crippen LogP contribution is 2.10. The summed E-state index contributed by atoms with van der Waals surface area (Å²) < 4.78 is 5.27. The van der Waals surface area contributed by atoms with Crippen LogP contribution in [0.25, 0.3) is 0 Å². The van der Waals surface area contributed by atoms with Gasteiger partial charge in [0.1, 0.15) is 6.10 Å². The predicted octanol–water partition coefficient (Wildman–Crippen LogP) is -0.819. The van der Waals surface area contributed by atoms with E-state index in [-0.39, 0.29) is 18.2 Å². The lowest BCUT2D eigenvalue weighted by Crippen LogP contribution is -2.37. The zero-order valence-corrected chi connectivity index (χ0v) is 5.84. The van der Waals surface area contributed by atoms with Gasteiger partial charge in [0.05, 0.1) is 6.61 Å². The Hall–Kier alpha value is -1.23. The van der Waals surface area contributed by atoms with Crippen LogP contribution < -0.4 is 5.73 Å². The van der Waals surface area contributed by atoms with Crippen LogP contribution in [-0.4, -0.2) is 37.3 Å². The minimum absolute atomic E-state index is 0.118. The number of ether oxygens (including phenoxy) is 1. The summed E-state index contributed by atoms with van der Waals surface area (Å²) in [7, 11) is 0. The molecule has 0 aromatic carbocycles. The van der Waals surface area contributed by atoms with Crippen LogP contribution in [0.3, 0.4) is 0 Å². The highest BCUT2D eigenvalue weighted by molar-refractivity contribution is 5.90. The predicted molar refractivity (Wildman–Crippen MR) is 42.1 cm³/mol. The molecular formula is C6H8N4O. The van der Waals surface area contributed by atoms with E-state index >= 15 is 0 Å². The number of hydrogen-bond donors (Lipinski definition) is 1. The van der Waals surface area contributed by atoms with Crippen molar-refractivity contribution in [2.24, 2.45) is 20.7 Å². The Kier molecular flexibility index (Phi) is 1.43. The Morgan fingerprint density at radius 1 is 1.64 bits per heavy atom. The van der Waals surface area contributed by atoms with Gasteiger partial charge in [-0.3, -0.25) is 4.99 Å². The Bertz CT molecular complexity index is 245. The van der Waals surface area contributed by atoms with Crippen LogP contribution >= 0.6 is 0 Å². The van der Waals surface area contributed by atoms with Crippen molar-refractivity contribution < 1.29 is 4.74 Å². The second kappa shape index (κ2) is 2.43. The molecule has 0 fully saturated rings. The lowest BCUT2D eigenvalue weighted by Gasteiger charge is -2.23. The smallest absolute Gasteiger partial charge is 0.217 e. The molecule has 2 rings (SSSR count). The highest BCUT2D eigenvalue weighted by atomic mass is 16.5. The molecule has 0 aliphatic carbocycles. The molecule has 0 spiro atoms. The number of nitrogens with two attached hydrogens (primary N) is 1. The van der Waals surface area contributed by atoms with Crippen molar-refractivity contribution in [2.75, 3.05) is 6.61 Å². The Morgan fingerprint density at radius 2 is 2.55 bits per heavy atom. The lowest BCUT2D eigenvalue weighted by molar-refractivity contribution is 0.108. The van der Waals surface area contributed by atoms with Gasteiger partial charge in [-0.05, 0) is 0 Å². The van der Waals surface area contributed by atoms with E-state index in [1.807, 2.05) is 0 Å². The summed E-state index contributed by atoms with van der Waals surface area (Å²) in [6.07, 6.45) is 3.01. The van der Waals surface area contributed by atoms with E-state index < -0.39 is 0 Å². The number of nitrogens with zero attached hydrogens (tertiary/aromatic N) is 3. The fourth-order valence-electron chi connectivity index (χ4n) is 1.02. The average molecular weight is 152 g/mol. The van der Waals surface area contributed by atoms with Crippen LogP contribution in [0.4, 0.5) is 0 Å². The van der Waals surface area contributed by atoms with Gasteiger partial charge < -0.3 is 10.5 Å². The second-order valence-electron chi connectivity index (χ2n) is 2.31. The summed E-state index contributed by atoms with van der Waals surface area (Å²) in [5, 5.41) is 0. The van der Waals surface area contributed by atoms with Gasteiger partial charge in [-0.15, -0.1) is 0 Å². The Morgan fingerprint density at radius 3 is 3.45 bits per heavy atom. The Labute approximate surface area is 63.7 Å². The van der Waals surface area contributed by atoms with Crippen molar-refractivity contribution in [3.8, 4) is 0 Å². The van der Waals surface area contributed by atoms with Gasteiger partial charge in [0.25, 0.3) is 0 Å². The molecular weight excluding hydrogens is 144 g/mol. The second-order valence-corrected chi connectivity index (χ2v) is 2.31. The van der Waals surface area contributed by atoms with Crippen LogP contribution in [0, 0.1) is 0 Å². The fourth-order valence-corrected chi connectivity index (χ4v) is 1.02. The summed E-state index contributed by atoms with van der Waals surface area (Å²) in [5.41, 5.74) is 5.36. The minimum Gasteiger partial charge on any atom is -0.368 e. The van der Waals surface area contributed by atoms with Crippen LogP contribution in [-0.2, 0) is 4.74 Å². The molecule has 0 saturated heterocycles. The normalized spacial score (nSPS) is 34.7. The molecule has 2 atom stereocenters. The van der Waals surface area contributed by atoms with E-state index in [0.29, 0.717) is 6.61 Å². The molecule has 2 heterocycles. The van der Waals surface area contributed by atoms with Gasteiger partial charge in [0.2, 0.25) is 5.96 Å². The van der Waals surface area contributed by atoms with Crippen molar-refractivity contribution in [2.45, 2.75) is 12.3 Å². The van der Waals surface area contributed by atoms with Crippen molar-refractivity contribution in [3.63, 3.8) is 0 Å². The molecule has 0 bridgehead atoms. The molecule has 58 valence electrons. The molecule has 0 aromatic rings. The number of guanidine groups is 1. The molecule has 5 heteroatoms. The molecule has 0 radical (unpaired) electrons. The minimum atomic E-state index is -0.207. The van der Waals surface area contributed by atoms with E-state index in [4.69, 9.17) is 10.5 Å². The zero-order chi connectivity index (χ0) is 7.68. The maximum atomic E-state index is 5.36. The summed E-state index contributed by atoms with van der Waals surface area (Å²) in [6, 6.07) is 0. The van der Waals surface area contributed by atoms with Gasteiger partial charge in [-0.1, -0.05) is 0 Å². The van der Waals surface area contributed by atoms with Crippen LogP contribution in [0.2, 0.25) is 0 Å². The molecule has 11 heavy (non-hydrogen) atoms. The van der Waals surface area contributed by atoms with Crippen LogP contribution in [0.1, 0.15) is 0 Å². The van der Waals surface area contributed by atoms with E-state index in [9.17, 15) is 0 Å². The van der Waals surface area contributed by atoms with E-state index in [1.165, 1.54) is 0 Å². The van der Waals surface area contributed by atoms with Gasteiger partial charge in [0, 0.05) is 12.4 Å². The number of rotatable bonds is 0. The number of aliphatic imine (C=N–C) groups is 3. The highest BCUT2D eigenvalue weighted by Gasteiger charge is 2.24. The molecule has 2 N–H and O–H groups in total. The molecule has 2 aliphatic heterocycles. The third-order valence-electron chi connectivity index (χ3n) is 1.53. The van der Waals surface area contributed by atoms with Gasteiger partial charge in [-0.25, -0.2) is 9.98 Å². The van der Waals surface area contributed by atoms with E-state index in [0.717, 1.165) is 0 Å². The van der Waals surface area contributed by atoms with Gasteiger partial charge in [-0.2, -0.15) is 0 Å². The first kappa shape index (κ1) is 6.48. The lowest BCUT2D eigenvalue weighted by atomic mass is 10.2. The fraction of sp³-hybridized carbons (Fsp3) is 0.500. The maximum Gasteiger partial charge on any atom is 0.217 e. The van der Waals surface area contributed by atoms with E-state index in [1.54, 1.807) is 12.4 Å². The van der Waals surface area contributed by atoms with Crippen molar-refractivity contribution >= 4 is 18.4 Å². The summed E-state index contributed by atoms with van der Waals surface area (Å²) >= 11 is 0. The first-order valence-corrected chi connectivity index (χ1v) is 3.37. The molecule has 2 aliphatic rings. The van der Waals surface area contributed by atoms with E-state index in [2.05, 4.69) is 15.0 Å². The van der Waals surface area contributed by atoms with Crippen LogP contribution in [0.15, 0.2) is 15.0 Å². The average Bonchev–Trinajstić information content (AvgIpc) is 2.04. The van der Waals surface area contributed by atoms with Gasteiger partial charge >= 0.3 is 0 Å². The zero-order valence-electron chi connectivity index (χ0n) is 5.84. The first-order valence-electron chi connectivity index (χ1n) is 3.37. The van der Waals surface area contributed by atoms with Crippen molar-refractivity contribution in [3.05, 3.63) is 0 Å². The Balaban J connectivity index is 2.24. The standard InChI is InChI=1S/C6H8N4O/c7-6-9-3-4-5(10-6)8-1-2-11-4/h1,3-5H,2H2,(H2,7,10). The molecule has 2 unspecified atom stereocenters. The van der Waals surface area contributed by atoms with Crippen molar-refractivity contribution in [1.29, 1.82) is 0 Å². The molecule has 0 aromatic heterocycles. The molecule has 0 saturated carbocycles.